The van der Waals surface area contributed by atoms with Gasteiger partial charge in [-0.15, -0.1) is 11.3 Å². The Labute approximate surface area is 227 Å². The van der Waals surface area contributed by atoms with Crippen molar-refractivity contribution >= 4 is 23.2 Å². The fraction of sp³-hybridized carbons (Fsp3) is 0.379. The van der Waals surface area contributed by atoms with E-state index in [1.807, 2.05) is 36.6 Å². The predicted molar refractivity (Wildman–Crippen MR) is 145 cm³/mol. The van der Waals surface area contributed by atoms with E-state index in [0.29, 0.717) is 45.1 Å². The molecule has 0 atom stereocenters. The lowest BCUT2D eigenvalue weighted by atomic mass is 10.2. The van der Waals surface area contributed by atoms with Crippen LogP contribution in [0.1, 0.15) is 16.0 Å². The van der Waals surface area contributed by atoms with Crippen molar-refractivity contribution in [2.75, 3.05) is 52.5 Å². The second-order valence-corrected chi connectivity index (χ2v) is 10.3. The number of carbonyl (C=O) groups is 2. The summed E-state index contributed by atoms with van der Waals surface area (Å²) in [6.45, 7) is 6.52. The van der Waals surface area contributed by atoms with E-state index in [2.05, 4.69) is 4.90 Å². The minimum Gasteiger partial charge on any atom is -0.484 e. The first-order valence-corrected chi connectivity index (χ1v) is 13.7. The SMILES string of the molecule is Cc1ccsc1CN(Cc1ccc(F)cc1)C(=O)CN(CCN1CCOCC1)C(=O)COc1ccccc1. The predicted octanol–water partition coefficient (Wildman–Crippen LogP) is 3.96. The monoisotopic (exact) mass is 539 g/mol. The molecule has 3 aromatic rings. The Balaban J connectivity index is 1.47. The normalized spacial score (nSPS) is 13.7. The molecule has 2 aromatic carbocycles. The standard InChI is InChI=1S/C29H34FN3O4S/c1-23-11-18-38-27(23)20-33(19-24-7-9-25(30)10-8-24)28(34)21-32(13-12-31-14-16-36-17-15-31)29(35)22-37-26-5-3-2-4-6-26/h2-11,18H,12-17,19-22H2,1H3. The van der Waals surface area contributed by atoms with Crippen LogP contribution < -0.4 is 4.74 Å². The topological polar surface area (TPSA) is 62.3 Å². The molecule has 0 unspecified atom stereocenters. The average molecular weight is 540 g/mol. The van der Waals surface area contributed by atoms with Gasteiger partial charge in [-0.2, -0.15) is 0 Å². The lowest BCUT2D eigenvalue weighted by Gasteiger charge is -2.31. The number of hydrogen-bond acceptors (Lipinski definition) is 6. The van der Waals surface area contributed by atoms with Crippen LogP contribution >= 0.6 is 11.3 Å². The molecule has 0 spiro atoms. The molecule has 202 valence electrons. The van der Waals surface area contributed by atoms with E-state index in [0.717, 1.165) is 29.1 Å². The molecule has 1 aliphatic rings. The highest BCUT2D eigenvalue weighted by Crippen LogP contribution is 2.20. The molecule has 1 saturated heterocycles. The van der Waals surface area contributed by atoms with Gasteiger partial charge in [0.15, 0.2) is 6.61 Å². The van der Waals surface area contributed by atoms with Crippen LogP contribution in [0.5, 0.6) is 5.75 Å². The quantitative estimate of drug-likeness (QED) is 0.349. The molecule has 0 N–H and O–H groups in total. The zero-order chi connectivity index (χ0) is 26.7. The first-order chi connectivity index (χ1) is 18.5. The first-order valence-electron chi connectivity index (χ1n) is 12.8. The molecule has 1 aliphatic heterocycles. The van der Waals surface area contributed by atoms with Gasteiger partial charge in [0.2, 0.25) is 5.91 Å². The van der Waals surface area contributed by atoms with Crippen molar-refractivity contribution in [3.63, 3.8) is 0 Å². The minimum atomic E-state index is -0.320. The minimum absolute atomic E-state index is 0.0626. The van der Waals surface area contributed by atoms with Gasteiger partial charge in [-0.1, -0.05) is 30.3 Å². The number of nitrogens with zero attached hydrogens (tertiary/aromatic N) is 3. The molecule has 2 heterocycles. The lowest BCUT2D eigenvalue weighted by Crippen LogP contribution is -2.48. The second-order valence-electron chi connectivity index (χ2n) is 9.27. The van der Waals surface area contributed by atoms with E-state index < -0.39 is 0 Å². The fourth-order valence-electron chi connectivity index (χ4n) is 4.18. The maximum absolute atomic E-state index is 13.7. The van der Waals surface area contributed by atoms with E-state index in [9.17, 15) is 14.0 Å². The largest absolute Gasteiger partial charge is 0.484 e. The molecular formula is C29H34FN3O4S. The number of aryl methyl sites for hydroxylation is 1. The molecular weight excluding hydrogens is 505 g/mol. The van der Waals surface area contributed by atoms with E-state index in [-0.39, 0.29) is 30.8 Å². The van der Waals surface area contributed by atoms with E-state index in [1.165, 1.54) is 12.1 Å². The summed E-state index contributed by atoms with van der Waals surface area (Å²) < 4.78 is 24.6. The van der Waals surface area contributed by atoms with Crippen molar-refractivity contribution in [1.29, 1.82) is 0 Å². The smallest absolute Gasteiger partial charge is 0.261 e. The van der Waals surface area contributed by atoms with Crippen LogP contribution in [0.15, 0.2) is 66.0 Å². The van der Waals surface area contributed by atoms with Gasteiger partial charge < -0.3 is 19.3 Å². The summed E-state index contributed by atoms with van der Waals surface area (Å²) in [6, 6.07) is 17.4. The summed E-state index contributed by atoms with van der Waals surface area (Å²) in [5.74, 6) is -0.132. The number of hydrogen-bond donors (Lipinski definition) is 0. The van der Waals surface area contributed by atoms with Crippen LogP contribution in [0.25, 0.3) is 0 Å². The highest BCUT2D eigenvalue weighted by atomic mass is 32.1. The Kier molecular flexibility index (Phi) is 10.3. The van der Waals surface area contributed by atoms with Gasteiger partial charge in [0.05, 0.1) is 26.3 Å². The third kappa shape index (κ3) is 8.37. The van der Waals surface area contributed by atoms with E-state index >= 15 is 0 Å². The third-order valence-electron chi connectivity index (χ3n) is 6.52. The van der Waals surface area contributed by atoms with Crippen LogP contribution in [0, 0.1) is 12.7 Å². The molecule has 1 aromatic heterocycles. The number of benzene rings is 2. The molecule has 1 fully saturated rings. The van der Waals surface area contributed by atoms with Gasteiger partial charge in [0.25, 0.3) is 5.91 Å². The van der Waals surface area contributed by atoms with Crippen LogP contribution in [0.3, 0.4) is 0 Å². The summed E-state index contributed by atoms with van der Waals surface area (Å²) in [7, 11) is 0. The first kappa shape index (κ1) is 27.8. The van der Waals surface area contributed by atoms with Crippen molar-refractivity contribution in [3.05, 3.63) is 87.9 Å². The number of thiophene rings is 1. The van der Waals surface area contributed by atoms with Crippen molar-refractivity contribution < 1.29 is 23.5 Å². The van der Waals surface area contributed by atoms with Crippen molar-refractivity contribution in [3.8, 4) is 5.75 Å². The molecule has 0 radical (unpaired) electrons. The summed E-state index contributed by atoms with van der Waals surface area (Å²) >= 11 is 1.60. The number of halogens is 1. The molecule has 38 heavy (non-hydrogen) atoms. The van der Waals surface area contributed by atoms with Gasteiger partial charge in [-0.3, -0.25) is 14.5 Å². The zero-order valence-corrected chi connectivity index (χ0v) is 22.5. The third-order valence-corrected chi connectivity index (χ3v) is 7.52. The van der Waals surface area contributed by atoms with Gasteiger partial charge >= 0.3 is 0 Å². The Hall–Kier alpha value is -3.27. The summed E-state index contributed by atoms with van der Waals surface area (Å²) in [6.07, 6.45) is 0. The molecule has 0 aliphatic carbocycles. The van der Waals surface area contributed by atoms with Crippen molar-refractivity contribution in [2.24, 2.45) is 0 Å². The van der Waals surface area contributed by atoms with Gasteiger partial charge in [-0.25, -0.2) is 4.39 Å². The lowest BCUT2D eigenvalue weighted by molar-refractivity contribution is -0.142. The van der Waals surface area contributed by atoms with E-state index in [4.69, 9.17) is 9.47 Å². The number of para-hydroxylation sites is 1. The van der Waals surface area contributed by atoms with Gasteiger partial charge in [0.1, 0.15) is 11.6 Å². The Morgan fingerprint density at radius 2 is 1.71 bits per heavy atom. The van der Waals surface area contributed by atoms with Gasteiger partial charge in [0, 0.05) is 37.6 Å². The van der Waals surface area contributed by atoms with Crippen LogP contribution in [0.2, 0.25) is 0 Å². The molecule has 2 amide bonds. The highest BCUT2D eigenvalue weighted by Gasteiger charge is 2.24. The van der Waals surface area contributed by atoms with E-state index in [1.54, 1.807) is 45.4 Å². The number of amides is 2. The molecule has 7 nitrogen and oxygen atoms in total. The number of rotatable bonds is 12. The maximum Gasteiger partial charge on any atom is 0.261 e. The summed E-state index contributed by atoms with van der Waals surface area (Å²) in [5.41, 5.74) is 1.94. The maximum atomic E-state index is 13.7. The van der Waals surface area contributed by atoms with Crippen molar-refractivity contribution in [1.82, 2.24) is 14.7 Å². The number of morpholine rings is 1. The second kappa shape index (κ2) is 14.0. The van der Waals surface area contributed by atoms with Crippen LogP contribution in [-0.4, -0.2) is 79.1 Å². The number of ether oxygens (including phenoxy) is 2. The van der Waals surface area contributed by atoms with Crippen LogP contribution in [-0.2, 0) is 27.4 Å². The fourth-order valence-corrected chi connectivity index (χ4v) is 5.10. The number of carbonyl (C=O) groups excluding carboxylic acids is 2. The molecule has 4 rings (SSSR count). The molecule has 9 heteroatoms. The zero-order valence-electron chi connectivity index (χ0n) is 21.7. The Morgan fingerprint density at radius 1 is 0.974 bits per heavy atom. The van der Waals surface area contributed by atoms with Crippen molar-refractivity contribution in [2.45, 2.75) is 20.0 Å². The summed E-state index contributed by atoms with van der Waals surface area (Å²) in [4.78, 5) is 33.6. The van der Waals surface area contributed by atoms with Crippen LogP contribution in [0.4, 0.5) is 4.39 Å². The Bertz CT molecular complexity index is 1170. The average Bonchev–Trinajstić information content (AvgIpc) is 3.35. The molecule has 0 saturated carbocycles. The molecule has 0 bridgehead atoms. The Morgan fingerprint density at radius 3 is 2.39 bits per heavy atom. The highest BCUT2D eigenvalue weighted by molar-refractivity contribution is 7.10. The summed E-state index contributed by atoms with van der Waals surface area (Å²) in [5, 5.41) is 2.00. The van der Waals surface area contributed by atoms with Gasteiger partial charge in [-0.05, 0) is 53.8 Å².